The second-order valence-electron chi connectivity index (χ2n) is 5.10. The molecule has 0 radical (unpaired) electrons. The molecule has 0 aliphatic carbocycles. The van der Waals surface area contributed by atoms with E-state index in [0.717, 1.165) is 22.2 Å². The molecule has 5 heteroatoms. The first-order valence-electron chi connectivity index (χ1n) is 7.45. The highest BCUT2D eigenvalue weighted by atomic mass is 16.5. The maximum atomic E-state index is 11.7. The van der Waals surface area contributed by atoms with Crippen LogP contribution in [0.5, 0.6) is 0 Å². The Labute approximate surface area is 134 Å². The van der Waals surface area contributed by atoms with E-state index in [2.05, 4.69) is 15.5 Å². The van der Waals surface area contributed by atoms with Crippen LogP contribution in [0.25, 0.3) is 10.8 Å². The van der Waals surface area contributed by atoms with Gasteiger partial charge in [-0.25, -0.2) is 4.79 Å². The lowest BCUT2D eigenvalue weighted by atomic mass is 10.1. The van der Waals surface area contributed by atoms with Gasteiger partial charge in [-0.2, -0.15) is 5.10 Å². The first-order chi connectivity index (χ1) is 11.2. The molecule has 0 aliphatic heterocycles. The first-order valence-corrected chi connectivity index (χ1v) is 7.45. The number of carbonyl (C=O) groups is 1. The molecule has 0 saturated carbocycles. The predicted octanol–water partition coefficient (Wildman–Crippen LogP) is 3.86. The van der Waals surface area contributed by atoms with E-state index in [4.69, 9.17) is 4.74 Å². The Bertz CT molecular complexity index is 845. The molecule has 5 nitrogen and oxygen atoms in total. The Morgan fingerprint density at radius 3 is 2.43 bits per heavy atom. The van der Waals surface area contributed by atoms with Crippen molar-refractivity contribution in [3.63, 3.8) is 0 Å². The van der Waals surface area contributed by atoms with Crippen LogP contribution in [0.3, 0.4) is 0 Å². The molecule has 0 spiro atoms. The molecule has 0 unspecified atom stereocenters. The van der Waals surface area contributed by atoms with Gasteiger partial charge in [0.2, 0.25) is 0 Å². The maximum absolute atomic E-state index is 11.7. The van der Waals surface area contributed by atoms with E-state index in [1.54, 1.807) is 19.1 Å². The van der Waals surface area contributed by atoms with E-state index in [1.165, 1.54) is 0 Å². The van der Waals surface area contributed by atoms with Crippen LogP contribution in [0.1, 0.15) is 23.0 Å². The van der Waals surface area contributed by atoms with E-state index in [-0.39, 0.29) is 5.97 Å². The van der Waals surface area contributed by atoms with Crippen LogP contribution in [-0.4, -0.2) is 22.8 Å². The van der Waals surface area contributed by atoms with E-state index in [1.807, 2.05) is 43.3 Å². The zero-order chi connectivity index (χ0) is 16.2. The molecule has 0 aliphatic rings. The summed E-state index contributed by atoms with van der Waals surface area (Å²) in [6, 6.07) is 15.1. The second kappa shape index (κ2) is 6.44. The van der Waals surface area contributed by atoms with E-state index < -0.39 is 0 Å². The van der Waals surface area contributed by atoms with Crippen LogP contribution >= 0.6 is 0 Å². The largest absolute Gasteiger partial charge is 0.462 e. The van der Waals surface area contributed by atoms with Crippen LogP contribution in [0.15, 0.2) is 48.5 Å². The number of rotatable bonds is 4. The summed E-state index contributed by atoms with van der Waals surface area (Å²) < 4.78 is 4.98. The van der Waals surface area contributed by atoms with Gasteiger partial charge in [0, 0.05) is 16.5 Å². The van der Waals surface area contributed by atoms with Crippen molar-refractivity contribution in [3.8, 4) is 0 Å². The number of esters is 1. The zero-order valence-corrected chi connectivity index (χ0v) is 13.0. The number of nitrogens with zero attached hydrogens (tertiary/aromatic N) is 2. The van der Waals surface area contributed by atoms with Crippen molar-refractivity contribution in [1.82, 2.24) is 10.2 Å². The Morgan fingerprint density at radius 2 is 1.74 bits per heavy atom. The SMILES string of the molecule is CCOC(=O)c1ccc(Nc2nnc(C)c3ccccc23)cc1. The van der Waals surface area contributed by atoms with E-state index in [9.17, 15) is 4.79 Å². The quantitative estimate of drug-likeness (QED) is 0.741. The van der Waals surface area contributed by atoms with Crippen LogP contribution in [0, 0.1) is 6.92 Å². The molecule has 1 aromatic heterocycles. The molecular weight excluding hydrogens is 290 g/mol. The van der Waals surface area contributed by atoms with Gasteiger partial charge >= 0.3 is 5.97 Å². The molecule has 1 N–H and O–H groups in total. The number of ether oxygens (including phenoxy) is 1. The standard InChI is InChI=1S/C18H17N3O2/c1-3-23-18(22)13-8-10-14(11-9-13)19-17-16-7-5-4-6-15(16)12(2)20-21-17/h4-11H,3H2,1-2H3,(H,19,21). The van der Waals surface area contributed by atoms with Crippen molar-refractivity contribution in [3.05, 3.63) is 59.8 Å². The van der Waals surface area contributed by atoms with Gasteiger partial charge in [0.1, 0.15) is 0 Å². The lowest BCUT2D eigenvalue weighted by Gasteiger charge is -2.10. The van der Waals surface area contributed by atoms with Crippen molar-refractivity contribution in [2.75, 3.05) is 11.9 Å². The van der Waals surface area contributed by atoms with Gasteiger partial charge in [-0.05, 0) is 38.1 Å². The number of fused-ring (bicyclic) bond motifs is 1. The van der Waals surface area contributed by atoms with Gasteiger partial charge < -0.3 is 10.1 Å². The predicted molar refractivity (Wildman–Crippen MR) is 90.0 cm³/mol. The normalized spacial score (nSPS) is 10.5. The van der Waals surface area contributed by atoms with Gasteiger partial charge in [0.15, 0.2) is 5.82 Å². The minimum absolute atomic E-state index is 0.320. The second-order valence-corrected chi connectivity index (χ2v) is 5.10. The summed E-state index contributed by atoms with van der Waals surface area (Å²) in [4.78, 5) is 11.7. The zero-order valence-electron chi connectivity index (χ0n) is 13.0. The molecule has 0 bridgehead atoms. The molecule has 3 rings (SSSR count). The van der Waals surface area contributed by atoms with Crippen molar-refractivity contribution in [1.29, 1.82) is 0 Å². The molecule has 0 saturated heterocycles. The fraction of sp³-hybridized carbons (Fsp3) is 0.167. The highest BCUT2D eigenvalue weighted by Crippen LogP contribution is 2.25. The number of aryl methyl sites for hydroxylation is 1. The van der Waals surface area contributed by atoms with Gasteiger partial charge in [0.25, 0.3) is 0 Å². The van der Waals surface area contributed by atoms with Crippen LogP contribution in [0.2, 0.25) is 0 Å². The molecule has 116 valence electrons. The number of hydrogen-bond donors (Lipinski definition) is 1. The molecule has 0 fully saturated rings. The number of hydrogen-bond acceptors (Lipinski definition) is 5. The smallest absolute Gasteiger partial charge is 0.338 e. The van der Waals surface area contributed by atoms with Crippen molar-refractivity contribution in [2.45, 2.75) is 13.8 Å². The fourth-order valence-electron chi connectivity index (χ4n) is 2.37. The van der Waals surface area contributed by atoms with Gasteiger partial charge in [-0.1, -0.05) is 24.3 Å². The number of carbonyl (C=O) groups excluding carboxylic acids is 1. The summed E-state index contributed by atoms with van der Waals surface area (Å²) in [5.41, 5.74) is 2.25. The number of benzene rings is 2. The third-order valence-electron chi connectivity index (χ3n) is 3.53. The van der Waals surface area contributed by atoms with E-state index in [0.29, 0.717) is 18.0 Å². The average Bonchev–Trinajstić information content (AvgIpc) is 2.58. The Hall–Kier alpha value is -2.95. The summed E-state index contributed by atoms with van der Waals surface area (Å²) >= 11 is 0. The molecule has 23 heavy (non-hydrogen) atoms. The van der Waals surface area contributed by atoms with Crippen molar-refractivity contribution in [2.24, 2.45) is 0 Å². The Morgan fingerprint density at radius 1 is 1.04 bits per heavy atom. The minimum Gasteiger partial charge on any atom is -0.462 e. The molecule has 3 aromatic rings. The summed E-state index contributed by atoms with van der Waals surface area (Å²) in [7, 11) is 0. The topological polar surface area (TPSA) is 64.1 Å². The van der Waals surface area contributed by atoms with Crippen LogP contribution in [-0.2, 0) is 4.74 Å². The number of anilines is 2. The van der Waals surface area contributed by atoms with Gasteiger partial charge in [-0.15, -0.1) is 5.10 Å². The fourth-order valence-corrected chi connectivity index (χ4v) is 2.37. The molecule has 1 heterocycles. The lowest BCUT2D eigenvalue weighted by Crippen LogP contribution is -2.04. The molecule has 0 atom stereocenters. The summed E-state index contributed by atoms with van der Waals surface area (Å²) in [5.74, 6) is 0.370. The van der Waals surface area contributed by atoms with Gasteiger partial charge in [-0.3, -0.25) is 0 Å². The highest BCUT2D eigenvalue weighted by molar-refractivity contribution is 5.94. The van der Waals surface area contributed by atoms with Crippen molar-refractivity contribution < 1.29 is 9.53 Å². The van der Waals surface area contributed by atoms with Gasteiger partial charge in [0.05, 0.1) is 17.9 Å². The van der Waals surface area contributed by atoms with Crippen molar-refractivity contribution >= 4 is 28.2 Å². The van der Waals surface area contributed by atoms with Crippen LogP contribution in [0.4, 0.5) is 11.5 Å². The monoisotopic (exact) mass is 307 g/mol. The summed E-state index contributed by atoms with van der Waals surface area (Å²) in [6.45, 7) is 4.09. The lowest BCUT2D eigenvalue weighted by molar-refractivity contribution is 0.0526. The first kappa shape index (κ1) is 15.0. The average molecular weight is 307 g/mol. The van der Waals surface area contributed by atoms with E-state index >= 15 is 0 Å². The van der Waals surface area contributed by atoms with Crippen LogP contribution < -0.4 is 5.32 Å². The molecule has 2 aromatic carbocycles. The summed E-state index contributed by atoms with van der Waals surface area (Å²) in [5, 5.41) is 13.7. The number of nitrogens with one attached hydrogen (secondary N) is 1. The third kappa shape index (κ3) is 3.13. The molecule has 0 amide bonds. The summed E-state index contributed by atoms with van der Waals surface area (Å²) in [6.07, 6.45) is 0. The third-order valence-corrected chi connectivity index (χ3v) is 3.53. The molecular formula is C18H17N3O2. The highest BCUT2D eigenvalue weighted by Gasteiger charge is 2.08. The maximum Gasteiger partial charge on any atom is 0.338 e. The Balaban J connectivity index is 1.88. The Kier molecular flexibility index (Phi) is 4.19. The minimum atomic E-state index is -0.320. The number of aromatic nitrogens is 2.